The average Bonchev–Trinajstić information content (AvgIpc) is 2.89. The molecular formula is C16H25N3O2. The summed E-state index contributed by atoms with van der Waals surface area (Å²) < 4.78 is 5.10. The van der Waals surface area contributed by atoms with E-state index in [2.05, 4.69) is 18.8 Å². The summed E-state index contributed by atoms with van der Waals surface area (Å²) in [6.45, 7) is 4.38. The number of hydroxylamine groups is 2. The van der Waals surface area contributed by atoms with E-state index < -0.39 is 0 Å². The maximum atomic E-state index is 5.85. The summed E-state index contributed by atoms with van der Waals surface area (Å²) in [5.74, 6) is 1.07. The molecule has 0 radical (unpaired) electrons. The molecule has 116 valence electrons. The van der Waals surface area contributed by atoms with Crippen molar-refractivity contribution in [2.45, 2.75) is 51.6 Å². The number of methoxy groups -OCH3 is 1. The topological polar surface area (TPSA) is 60.6 Å². The number of hydrogen-bond donors (Lipinski definition) is 1. The van der Waals surface area contributed by atoms with Gasteiger partial charge >= 0.3 is 0 Å². The Bertz CT molecular complexity index is 473. The first-order valence-corrected chi connectivity index (χ1v) is 7.59. The van der Waals surface area contributed by atoms with E-state index in [1.54, 1.807) is 7.11 Å². The van der Waals surface area contributed by atoms with Gasteiger partial charge in [-0.2, -0.15) is 0 Å². The van der Waals surface area contributed by atoms with Crippen LogP contribution in [0, 0.1) is 0 Å². The Kier molecular flexibility index (Phi) is 5.44. The molecule has 21 heavy (non-hydrogen) atoms. The van der Waals surface area contributed by atoms with Gasteiger partial charge in [0, 0.05) is 24.4 Å². The normalized spacial score (nSPS) is 20.0. The van der Waals surface area contributed by atoms with Crippen molar-refractivity contribution in [1.29, 1.82) is 0 Å². The van der Waals surface area contributed by atoms with Gasteiger partial charge in [0.05, 0.1) is 13.2 Å². The monoisotopic (exact) mass is 291 g/mol. The van der Waals surface area contributed by atoms with Crippen LogP contribution < -0.4 is 10.5 Å². The molecule has 1 aliphatic heterocycles. The Morgan fingerprint density at radius 3 is 2.86 bits per heavy atom. The second kappa shape index (κ2) is 7.31. The fraction of sp³-hybridized carbons (Fsp3) is 0.562. The first-order valence-electron chi connectivity index (χ1n) is 7.59. The Balaban J connectivity index is 2.07. The van der Waals surface area contributed by atoms with E-state index in [9.17, 15) is 0 Å². The van der Waals surface area contributed by atoms with Crippen molar-refractivity contribution in [2.75, 3.05) is 7.11 Å². The van der Waals surface area contributed by atoms with Crippen molar-refractivity contribution in [3.63, 3.8) is 0 Å². The zero-order valence-electron chi connectivity index (χ0n) is 13.1. The van der Waals surface area contributed by atoms with Crippen molar-refractivity contribution in [3.05, 3.63) is 35.9 Å². The molecule has 0 amide bonds. The molecule has 2 N–H and O–H groups in total. The number of hydrogen-bond acceptors (Lipinski definition) is 5. The molecule has 0 saturated carbocycles. The molecule has 0 bridgehead atoms. The standard InChI is InChI=1S/C16H25N3O2/c1-4-5-6-7-12(2)19-14(10-15(17)21-19)13-8-9-16(20-3)18-11-13/h8-12,14H,4-7,17H2,1-3H3. The van der Waals surface area contributed by atoms with Gasteiger partial charge in [-0.3, -0.25) is 0 Å². The van der Waals surface area contributed by atoms with E-state index in [-0.39, 0.29) is 6.04 Å². The van der Waals surface area contributed by atoms with E-state index in [1.165, 1.54) is 19.3 Å². The Morgan fingerprint density at radius 1 is 1.43 bits per heavy atom. The maximum absolute atomic E-state index is 5.85. The maximum Gasteiger partial charge on any atom is 0.212 e. The van der Waals surface area contributed by atoms with Crippen LogP contribution in [0.5, 0.6) is 5.88 Å². The smallest absolute Gasteiger partial charge is 0.212 e. The summed E-state index contributed by atoms with van der Waals surface area (Å²) in [7, 11) is 1.61. The lowest BCUT2D eigenvalue weighted by atomic mass is 10.1. The van der Waals surface area contributed by atoms with Crippen molar-refractivity contribution < 1.29 is 9.57 Å². The molecule has 2 atom stereocenters. The summed E-state index contributed by atoms with van der Waals surface area (Å²) in [6, 6.07) is 4.18. The van der Waals surface area contributed by atoms with Crippen LogP contribution >= 0.6 is 0 Å². The lowest BCUT2D eigenvalue weighted by Crippen LogP contribution is -2.32. The van der Waals surface area contributed by atoms with Crippen molar-refractivity contribution in [2.24, 2.45) is 5.73 Å². The molecule has 1 aliphatic rings. The molecule has 2 rings (SSSR count). The molecule has 0 aliphatic carbocycles. The molecule has 0 spiro atoms. The molecule has 5 heteroatoms. The Labute approximate surface area is 126 Å². The minimum atomic E-state index is 0.0139. The van der Waals surface area contributed by atoms with Gasteiger partial charge in [0.2, 0.25) is 11.8 Å². The predicted molar refractivity (Wildman–Crippen MR) is 82.3 cm³/mol. The van der Waals surface area contributed by atoms with Crippen molar-refractivity contribution in [3.8, 4) is 5.88 Å². The number of rotatable bonds is 7. The Morgan fingerprint density at radius 2 is 2.24 bits per heavy atom. The molecule has 0 fully saturated rings. The van der Waals surface area contributed by atoms with Gasteiger partial charge in [0.1, 0.15) is 0 Å². The molecule has 2 heterocycles. The molecule has 1 aromatic rings. The summed E-state index contributed by atoms with van der Waals surface area (Å²) >= 11 is 0. The van der Waals surface area contributed by atoms with Crippen LogP contribution in [0.3, 0.4) is 0 Å². The highest BCUT2D eigenvalue weighted by atomic mass is 16.7. The minimum Gasteiger partial charge on any atom is -0.481 e. The van der Waals surface area contributed by atoms with Crippen LogP contribution in [0.15, 0.2) is 30.3 Å². The highest BCUT2D eigenvalue weighted by Crippen LogP contribution is 2.32. The third-order valence-corrected chi connectivity index (χ3v) is 3.78. The van der Waals surface area contributed by atoms with Crippen LogP contribution in [0.4, 0.5) is 0 Å². The number of nitrogens with two attached hydrogens (primary N) is 1. The average molecular weight is 291 g/mol. The second-order valence-corrected chi connectivity index (χ2v) is 5.44. The van der Waals surface area contributed by atoms with Gasteiger partial charge in [-0.05, 0) is 18.9 Å². The van der Waals surface area contributed by atoms with Crippen LogP contribution in [-0.4, -0.2) is 23.2 Å². The molecule has 0 aromatic carbocycles. The first kappa shape index (κ1) is 15.6. The number of unbranched alkanes of at least 4 members (excludes halogenated alkanes) is 2. The summed E-state index contributed by atoms with van der Waals surface area (Å²) in [5, 5.41) is 1.97. The zero-order valence-corrected chi connectivity index (χ0v) is 13.1. The quantitative estimate of drug-likeness (QED) is 0.782. The van der Waals surface area contributed by atoms with Gasteiger partial charge in [-0.1, -0.05) is 32.3 Å². The molecular weight excluding hydrogens is 266 g/mol. The van der Waals surface area contributed by atoms with Gasteiger partial charge in [0.25, 0.3) is 0 Å². The van der Waals surface area contributed by atoms with E-state index >= 15 is 0 Å². The van der Waals surface area contributed by atoms with Crippen molar-refractivity contribution >= 4 is 0 Å². The fourth-order valence-electron chi connectivity index (χ4n) is 2.55. The number of ether oxygens (including phenoxy) is 1. The largest absolute Gasteiger partial charge is 0.481 e. The van der Waals surface area contributed by atoms with E-state index in [4.69, 9.17) is 15.3 Å². The van der Waals surface area contributed by atoms with Crippen LogP contribution in [0.2, 0.25) is 0 Å². The van der Waals surface area contributed by atoms with E-state index in [0.717, 1.165) is 12.0 Å². The lowest BCUT2D eigenvalue weighted by Gasteiger charge is -2.28. The summed E-state index contributed by atoms with van der Waals surface area (Å²) in [6.07, 6.45) is 8.50. The third-order valence-electron chi connectivity index (χ3n) is 3.78. The third kappa shape index (κ3) is 3.88. The second-order valence-electron chi connectivity index (χ2n) is 5.44. The number of aromatic nitrogens is 1. The lowest BCUT2D eigenvalue weighted by molar-refractivity contribution is -0.149. The highest BCUT2D eigenvalue weighted by molar-refractivity contribution is 5.25. The van der Waals surface area contributed by atoms with Gasteiger partial charge in [-0.25, -0.2) is 4.98 Å². The molecule has 5 nitrogen and oxygen atoms in total. The SMILES string of the molecule is CCCCCC(C)N1OC(N)=CC1c1ccc(OC)nc1. The van der Waals surface area contributed by atoms with E-state index in [0.29, 0.717) is 17.8 Å². The van der Waals surface area contributed by atoms with Crippen LogP contribution in [0.1, 0.15) is 51.1 Å². The van der Waals surface area contributed by atoms with Gasteiger partial charge in [0.15, 0.2) is 0 Å². The first-order chi connectivity index (χ1) is 10.2. The van der Waals surface area contributed by atoms with Gasteiger partial charge in [-0.15, -0.1) is 5.06 Å². The van der Waals surface area contributed by atoms with Crippen molar-refractivity contribution in [1.82, 2.24) is 10.0 Å². The summed E-state index contributed by atoms with van der Waals surface area (Å²) in [4.78, 5) is 9.95. The molecule has 1 aromatic heterocycles. The highest BCUT2D eigenvalue weighted by Gasteiger charge is 2.31. The molecule has 2 unspecified atom stereocenters. The van der Waals surface area contributed by atoms with Crippen LogP contribution in [0.25, 0.3) is 0 Å². The van der Waals surface area contributed by atoms with E-state index in [1.807, 2.05) is 29.5 Å². The Hall–Kier alpha value is -1.75. The minimum absolute atomic E-state index is 0.0139. The van der Waals surface area contributed by atoms with Crippen LogP contribution in [-0.2, 0) is 4.84 Å². The fourth-order valence-corrected chi connectivity index (χ4v) is 2.55. The zero-order chi connectivity index (χ0) is 15.2. The predicted octanol–water partition coefficient (Wildman–Crippen LogP) is 3.15. The number of nitrogens with zero attached hydrogens (tertiary/aromatic N) is 2. The van der Waals surface area contributed by atoms with Gasteiger partial charge < -0.3 is 15.3 Å². The number of pyridine rings is 1. The summed E-state index contributed by atoms with van der Waals surface area (Å²) in [5.41, 5.74) is 6.91. The molecule has 0 saturated heterocycles.